The van der Waals surface area contributed by atoms with E-state index in [0.29, 0.717) is 24.8 Å². The highest BCUT2D eigenvalue weighted by Crippen LogP contribution is 2.20. The maximum absolute atomic E-state index is 11.5. The SMILES string of the molecule is CCOC(=O)c1nn(C)c(OCC)c1C. The Morgan fingerprint density at radius 3 is 2.60 bits per heavy atom. The topological polar surface area (TPSA) is 53.3 Å². The summed E-state index contributed by atoms with van der Waals surface area (Å²) in [5, 5.41) is 4.06. The molecule has 0 saturated carbocycles. The number of ether oxygens (including phenoxy) is 2. The first-order chi connectivity index (χ1) is 7.11. The van der Waals surface area contributed by atoms with E-state index in [1.807, 2.05) is 6.92 Å². The minimum absolute atomic E-state index is 0.322. The molecule has 5 heteroatoms. The van der Waals surface area contributed by atoms with Crippen LogP contribution in [0.4, 0.5) is 0 Å². The van der Waals surface area contributed by atoms with Gasteiger partial charge in [0.15, 0.2) is 5.69 Å². The lowest BCUT2D eigenvalue weighted by molar-refractivity contribution is 0.0517. The maximum atomic E-state index is 11.5. The summed E-state index contributed by atoms with van der Waals surface area (Å²) in [6.07, 6.45) is 0. The molecule has 0 aromatic carbocycles. The highest BCUT2D eigenvalue weighted by atomic mass is 16.5. The van der Waals surface area contributed by atoms with Crippen LogP contribution in [0.3, 0.4) is 0 Å². The number of carbonyl (C=O) groups is 1. The number of hydrogen-bond acceptors (Lipinski definition) is 4. The second-order valence-electron chi connectivity index (χ2n) is 3.06. The first-order valence-electron chi connectivity index (χ1n) is 4.95. The van der Waals surface area contributed by atoms with Gasteiger partial charge in [-0.05, 0) is 20.8 Å². The van der Waals surface area contributed by atoms with Crippen molar-refractivity contribution in [3.63, 3.8) is 0 Å². The largest absolute Gasteiger partial charge is 0.478 e. The summed E-state index contributed by atoms with van der Waals surface area (Å²) in [4.78, 5) is 11.5. The van der Waals surface area contributed by atoms with E-state index in [-0.39, 0.29) is 0 Å². The summed E-state index contributed by atoms with van der Waals surface area (Å²) in [5.41, 5.74) is 1.04. The van der Waals surface area contributed by atoms with Crippen molar-refractivity contribution in [2.24, 2.45) is 7.05 Å². The van der Waals surface area contributed by atoms with E-state index in [0.717, 1.165) is 5.56 Å². The number of carbonyl (C=O) groups excluding carboxylic acids is 1. The Labute approximate surface area is 89.0 Å². The van der Waals surface area contributed by atoms with Crippen molar-refractivity contribution in [1.82, 2.24) is 9.78 Å². The van der Waals surface area contributed by atoms with Gasteiger partial charge in [-0.15, -0.1) is 0 Å². The van der Waals surface area contributed by atoms with Gasteiger partial charge in [-0.25, -0.2) is 9.48 Å². The molecular weight excluding hydrogens is 196 g/mol. The highest BCUT2D eigenvalue weighted by Gasteiger charge is 2.20. The van der Waals surface area contributed by atoms with Crippen molar-refractivity contribution in [2.45, 2.75) is 20.8 Å². The van der Waals surface area contributed by atoms with Crippen LogP contribution >= 0.6 is 0 Å². The third kappa shape index (κ3) is 2.29. The van der Waals surface area contributed by atoms with Crippen LogP contribution in [0.15, 0.2) is 0 Å². The van der Waals surface area contributed by atoms with Gasteiger partial charge in [0.05, 0.1) is 13.2 Å². The molecule has 0 aliphatic carbocycles. The van der Waals surface area contributed by atoms with Gasteiger partial charge in [0.2, 0.25) is 5.88 Å². The molecule has 0 aliphatic rings. The average Bonchev–Trinajstić information content (AvgIpc) is 2.47. The minimum atomic E-state index is -0.406. The molecular formula is C10H16N2O3. The number of aryl methyl sites for hydroxylation is 1. The molecule has 15 heavy (non-hydrogen) atoms. The molecule has 0 saturated heterocycles. The predicted octanol–water partition coefficient (Wildman–Crippen LogP) is 1.30. The van der Waals surface area contributed by atoms with E-state index in [4.69, 9.17) is 9.47 Å². The van der Waals surface area contributed by atoms with E-state index in [1.165, 1.54) is 0 Å². The third-order valence-electron chi connectivity index (χ3n) is 1.97. The van der Waals surface area contributed by atoms with E-state index < -0.39 is 5.97 Å². The number of esters is 1. The second kappa shape index (κ2) is 4.82. The van der Waals surface area contributed by atoms with E-state index >= 15 is 0 Å². The molecule has 0 spiro atoms. The molecule has 0 amide bonds. The standard InChI is InChI=1S/C10H16N2O3/c1-5-14-9-7(3)8(11-12(9)4)10(13)15-6-2/h5-6H2,1-4H3. The second-order valence-corrected chi connectivity index (χ2v) is 3.06. The van der Waals surface area contributed by atoms with Crippen LogP contribution < -0.4 is 4.74 Å². The Bertz CT molecular complexity index is 358. The van der Waals surface area contributed by atoms with E-state index in [9.17, 15) is 4.79 Å². The zero-order chi connectivity index (χ0) is 11.4. The molecule has 1 rings (SSSR count). The zero-order valence-corrected chi connectivity index (χ0v) is 9.53. The van der Waals surface area contributed by atoms with E-state index in [2.05, 4.69) is 5.10 Å². The fraction of sp³-hybridized carbons (Fsp3) is 0.600. The Balaban J connectivity index is 3.00. The van der Waals surface area contributed by atoms with Gasteiger partial charge in [0.25, 0.3) is 0 Å². The van der Waals surface area contributed by atoms with Gasteiger partial charge < -0.3 is 9.47 Å². The van der Waals surface area contributed by atoms with Crippen molar-refractivity contribution in [3.8, 4) is 5.88 Å². The molecule has 0 fully saturated rings. The number of aromatic nitrogens is 2. The average molecular weight is 212 g/mol. The highest BCUT2D eigenvalue weighted by molar-refractivity contribution is 5.89. The molecule has 1 heterocycles. The van der Waals surface area contributed by atoms with Crippen molar-refractivity contribution in [1.29, 1.82) is 0 Å². The summed E-state index contributed by atoms with van der Waals surface area (Å²) >= 11 is 0. The molecule has 5 nitrogen and oxygen atoms in total. The first kappa shape index (κ1) is 11.6. The van der Waals surface area contributed by atoms with Crippen LogP contribution in [0.2, 0.25) is 0 Å². The van der Waals surface area contributed by atoms with Crippen LogP contribution in [0.1, 0.15) is 29.9 Å². The molecule has 0 unspecified atom stereocenters. The molecule has 1 aromatic rings. The molecule has 0 aliphatic heterocycles. The van der Waals surface area contributed by atoms with Gasteiger partial charge in [0, 0.05) is 12.6 Å². The normalized spacial score (nSPS) is 10.1. The summed E-state index contributed by atoms with van der Waals surface area (Å²) in [7, 11) is 1.74. The fourth-order valence-electron chi connectivity index (χ4n) is 1.35. The van der Waals surface area contributed by atoms with Crippen LogP contribution in [0.25, 0.3) is 0 Å². The van der Waals surface area contributed by atoms with Gasteiger partial charge in [-0.3, -0.25) is 0 Å². The molecule has 0 N–H and O–H groups in total. The van der Waals surface area contributed by atoms with Gasteiger partial charge in [-0.2, -0.15) is 5.10 Å². The lowest BCUT2D eigenvalue weighted by Gasteiger charge is -2.03. The molecule has 0 radical (unpaired) electrons. The maximum Gasteiger partial charge on any atom is 0.359 e. The van der Waals surface area contributed by atoms with Gasteiger partial charge in [-0.1, -0.05) is 0 Å². The van der Waals surface area contributed by atoms with Crippen LogP contribution in [-0.4, -0.2) is 29.0 Å². The third-order valence-corrected chi connectivity index (χ3v) is 1.97. The quantitative estimate of drug-likeness (QED) is 0.706. The Morgan fingerprint density at radius 2 is 2.07 bits per heavy atom. The van der Waals surface area contributed by atoms with Crippen LogP contribution in [-0.2, 0) is 11.8 Å². The Hall–Kier alpha value is -1.52. The lowest BCUT2D eigenvalue weighted by Crippen LogP contribution is -2.07. The van der Waals surface area contributed by atoms with Crippen molar-refractivity contribution < 1.29 is 14.3 Å². The van der Waals surface area contributed by atoms with Crippen molar-refractivity contribution in [2.75, 3.05) is 13.2 Å². The number of nitrogens with zero attached hydrogens (tertiary/aromatic N) is 2. The van der Waals surface area contributed by atoms with Crippen LogP contribution in [0, 0.1) is 6.92 Å². The van der Waals surface area contributed by atoms with E-state index in [1.54, 1.807) is 25.6 Å². The fourth-order valence-corrected chi connectivity index (χ4v) is 1.35. The number of hydrogen-bond donors (Lipinski definition) is 0. The zero-order valence-electron chi connectivity index (χ0n) is 9.53. The number of rotatable bonds is 4. The first-order valence-corrected chi connectivity index (χ1v) is 4.95. The van der Waals surface area contributed by atoms with Crippen LogP contribution in [0.5, 0.6) is 5.88 Å². The molecule has 0 bridgehead atoms. The monoisotopic (exact) mass is 212 g/mol. The molecule has 84 valence electrons. The summed E-state index contributed by atoms with van der Waals surface area (Å²) in [6.45, 7) is 6.34. The summed E-state index contributed by atoms with van der Waals surface area (Å²) < 4.78 is 11.8. The Kier molecular flexibility index (Phi) is 3.71. The lowest BCUT2D eigenvalue weighted by atomic mass is 10.3. The van der Waals surface area contributed by atoms with Crippen molar-refractivity contribution >= 4 is 5.97 Å². The van der Waals surface area contributed by atoms with Crippen molar-refractivity contribution in [3.05, 3.63) is 11.3 Å². The Morgan fingerprint density at radius 1 is 1.40 bits per heavy atom. The molecule has 0 atom stereocenters. The summed E-state index contributed by atoms with van der Waals surface area (Å²) in [6, 6.07) is 0. The van der Waals surface area contributed by atoms with Gasteiger partial charge >= 0.3 is 5.97 Å². The molecule has 1 aromatic heterocycles. The smallest absolute Gasteiger partial charge is 0.359 e. The predicted molar refractivity (Wildman–Crippen MR) is 55.1 cm³/mol. The summed E-state index contributed by atoms with van der Waals surface area (Å²) in [5.74, 6) is 0.206. The minimum Gasteiger partial charge on any atom is -0.478 e. The van der Waals surface area contributed by atoms with Gasteiger partial charge in [0.1, 0.15) is 0 Å².